The van der Waals surface area contributed by atoms with Crippen LogP contribution in [0.3, 0.4) is 0 Å². The van der Waals surface area contributed by atoms with Crippen LogP contribution in [0.15, 0.2) is 16.9 Å². The Labute approximate surface area is 162 Å². The number of morpholine rings is 1. The molecule has 2 aliphatic heterocycles. The Morgan fingerprint density at radius 3 is 2.62 bits per heavy atom. The summed E-state index contributed by atoms with van der Waals surface area (Å²) in [6, 6.07) is 0.294. The Bertz CT molecular complexity index is 619. The van der Waals surface area contributed by atoms with Gasteiger partial charge in [-0.2, -0.15) is 0 Å². The molecule has 3 fully saturated rings. The maximum Gasteiger partial charge on any atom is 0.237 e. The Morgan fingerprint density at radius 1 is 1.12 bits per heavy atom. The number of carbonyl (C=O) groups is 1. The van der Waals surface area contributed by atoms with Crippen molar-refractivity contribution in [2.24, 2.45) is 0 Å². The van der Waals surface area contributed by atoms with Gasteiger partial charge < -0.3 is 14.5 Å². The van der Waals surface area contributed by atoms with Crippen molar-refractivity contribution >= 4 is 27.8 Å². The molecule has 2 atom stereocenters. The molecule has 0 bridgehead atoms. The van der Waals surface area contributed by atoms with E-state index in [2.05, 4.69) is 40.6 Å². The normalized spacial score (nSPS) is 27.3. The summed E-state index contributed by atoms with van der Waals surface area (Å²) in [7, 11) is 0. The molecule has 7 nitrogen and oxygen atoms in total. The smallest absolute Gasteiger partial charge is 0.237 e. The molecule has 26 heavy (non-hydrogen) atoms. The van der Waals surface area contributed by atoms with Gasteiger partial charge in [-0.15, -0.1) is 0 Å². The second kappa shape index (κ2) is 8.19. The van der Waals surface area contributed by atoms with E-state index in [0.29, 0.717) is 19.2 Å². The third-order valence-corrected chi connectivity index (χ3v) is 6.08. The van der Waals surface area contributed by atoms with E-state index in [1.807, 2.05) is 0 Å². The van der Waals surface area contributed by atoms with E-state index in [0.717, 1.165) is 56.0 Å². The number of carbonyl (C=O) groups excluding carboxylic acids is 1. The molecule has 0 N–H and O–H groups in total. The van der Waals surface area contributed by atoms with Crippen molar-refractivity contribution in [2.45, 2.75) is 37.8 Å². The van der Waals surface area contributed by atoms with Crippen LogP contribution in [-0.2, 0) is 9.53 Å². The summed E-state index contributed by atoms with van der Waals surface area (Å²) in [6.45, 7) is 5.37. The summed E-state index contributed by atoms with van der Waals surface area (Å²) in [5.74, 6) is 1.02. The predicted octanol–water partition coefficient (Wildman–Crippen LogP) is 1.53. The minimum Gasteiger partial charge on any atom is -0.374 e. The standard InChI is InChI=1S/C18H26BrN5O2/c19-14-11-20-18(21-12-14)23-7-5-22(6-8-23)13-17(25)24-9-10-26-16-4-2-1-3-15(16)24/h11-12,15-16H,1-10,13H2/t15-,16+/m0/s1. The number of hydrogen-bond donors (Lipinski definition) is 0. The second-order valence-electron chi connectivity index (χ2n) is 7.31. The Hall–Kier alpha value is -1.25. The van der Waals surface area contributed by atoms with Gasteiger partial charge in [0.2, 0.25) is 11.9 Å². The van der Waals surface area contributed by atoms with E-state index in [9.17, 15) is 4.79 Å². The van der Waals surface area contributed by atoms with Crippen LogP contribution in [0.25, 0.3) is 0 Å². The highest BCUT2D eigenvalue weighted by Gasteiger charge is 2.37. The number of nitrogens with zero attached hydrogens (tertiary/aromatic N) is 5. The third kappa shape index (κ3) is 4.02. The fourth-order valence-corrected chi connectivity index (χ4v) is 4.47. The van der Waals surface area contributed by atoms with Gasteiger partial charge in [-0.1, -0.05) is 12.8 Å². The lowest BCUT2D eigenvalue weighted by Crippen LogP contribution is -2.58. The summed E-state index contributed by atoms with van der Waals surface area (Å²) in [4.78, 5) is 28.2. The van der Waals surface area contributed by atoms with E-state index in [-0.39, 0.29) is 12.0 Å². The number of rotatable bonds is 3. The maximum atomic E-state index is 12.9. The van der Waals surface area contributed by atoms with Gasteiger partial charge in [0.15, 0.2) is 0 Å². The Morgan fingerprint density at radius 2 is 1.85 bits per heavy atom. The van der Waals surface area contributed by atoms with Gasteiger partial charge in [-0.05, 0) is 28.8 Å². The summed E-state index contributed by atoms with van der Waals surface area (Å²) >= 11 is 3.37. The van der Waals surface area contributed by atoms with E-state index in [4.69, 9.17) is 4.74 Å². The highest BCUT2D eigenvalue weighted by atomic mass is 79.9. The van der Waals surface area contributed by atoms with Gasteiger partial charge >= 0.3 is 0 Å². The number of piperazine rings is 1. The average Bonchev–Trinajstić information content (AvgIpc) is 2.69. The van der Waals surface area contributed by atoms with Gasteiger partial charge in [0.25, 0.3) is 0 Å². The lowest BCUT2D eigenvalue weighted by Gasteiger charge is -2.44. The fraction of sp³-hybridized carbons (Fsp3) is 0.722. The van der Waals surface area contributed by atoms with Crippen molar-refractivity contribution < 1.29 is 9.53 Å². The largest absolute Gasteiger partial charge is 0.374 e. The fourth-order valence-electron chi connectivity index (χ4n) is 4.26. The zero-order valence-electron chi connectivity index (χ0n) is 15.0. The molecule has 4 rings (SSSR count). The maximum absolute atomic E-state index is 12.9. The Kier molecular flexibility index (Phi) is 5.71. The zero-order chi connectivity index (χ0) is 17.9. The number of halogens is 1. The number of aromatic nitrogens is 2. The molecule has 1 amide bonds. The average molecular weight is 424 g/mol. The monoisotopic (exact) mass is 423 g/mol. The molecule has 0 spiro atoms. The van der Waals surface area contributed by atoms with Crippen LogP contribution in [0.2, 0.25) is 0 Å². The molecular formula is C18H26BrN5O2. The van der Waals surface area contributed by atoms with Crippen LogP contribution in [-0.4, -0.2) is 83.7 Å². The van der Waals surface area contributed by atoms with Crippen LogP contribution in [0.1, 0.15) is 25.7 Å². The van der Waals surface area contributed by atoms with Gasteiger partial charge in [-0.3, -0.25) is 9.69 Å². The van der Waals surface area contributed by atoms with E-state index >= 15 is 0 Å². The second-order valence-corrected chi connectivity index (χ2v) is 8.23. The van der Waals surface area contributed by atoms with Crippen LogP contribution >= 0.6 is 15.9 Å². The van der Waals surface area contributed by atoms with Gasteiger partial charge in [0.05, 0.1) is 29.8 Å². The first-order valence-electron chi connectivity index (χ1n) is 9.56. The summed E-state index contributed by atoms with van der Waals surface area (Å²) in [5.41, 5.74) is 0. The van der Waals surface area contributed by atoms with Gasteiger partial charge in [-0.25, -0.2) is 9.97 Å². The molecule has 1 aromatic rings. The van der Waals surface area contributed by atoms with Crippen LogP contribution in [0, 0.1) is 0 Å². The highest BCUT2D eigenvalue weighted by Crippen LogP contribution is 2.28. The first-order valence-corrected chi connectivity index (χ1v) is 10.4. The highest BCUT2D eigenvalue weighted by molar-refractivity contribution is 9.10. The van der Waals surface area contributed by atoms with Crippen LogP contribution in [0.5, 0.6) is 0 Å². The molecule has 1 aromatic heterocycles. The number of hydrogen-bond acceptors (Lipinski definition) is 6. The van der Waals surface area contributed by atoms with Gasteiger partial charge in [0, 0.05) is 45.1 Å². The zero-order valence-corrected chi connectivity index (χ0v) is 16.6. The van der Waals surface area contributed by atoms with E-state index < -0.39 is 0 Å². The molecule has 142 valence electrons. The molecule has 8 heteroatoms. The molecule has 1 aliphatic carbocycles. The number of fused-ring (bicyclic) bond motifs is 1. The first-order chi connectivity index (χ1) is 12.7. The predicted molar refractivity (Wildman–Crippen MR) is 102 cm³/mol. The molecule has 0 aromatic carbocycles. The lowest BCUT2D eigenvalue weighted by molar-refractivity contribution is -0.150. The van der Waals surface area contributed by atoms with Crippen molar-refractivity contribution in [1.29, 1.82) is 0 Å². The van der Waals surface area contributed by atoms with Crippen molar-refractivity contribution in [1.82, 2.24) is 19.8 Å². The lowest BCUT2D eigenvalue weighted by atomic mass is 9.90. The number of amides is 1. The first kappa shape index (κ1) is 18.1. The topological polar surface area (TPSA) is 61.8 Å². The number of anilines is 1. The van der Waals surface area contributed by atoms with Crippen LogP contribution in [0.4, 0.5) is 5.95 Å². The van der Waals surface area contributed by atoms with Gasteiger partial charge in [0.1, 0.15) is 0 Å². The molecule has 0 radical (unpaired) electrons. The molecule has 3 heterocycles. The van der Waals surface area contributed by atoms with E-state index in [1.165, 1.54) is 12.8 Å². The minimum absolute atomic E-state index is 0.257. The van der Waals surface area contributed by atoms with Crippen molar-refractivity contribution in [2.75, 3.05) is 50.8 Å². The van der Waals surface area contributed by atoms with Crippen molar-refractivity contribution in [3.05, 3.63) is 16.9 Å². The molecular weight excluding hydrogens is 398 g/mol. The minimum atomic E-state index is 0.257. The summed E-state index contributed by atoms with van der Waals surface area (Å²) in [6.07, 6.45) is 8.43. The van der Waals surface area contributed by atoms with Crippen molar-refractivity contribution in [3.8, 4) is 0 Å². The van der Waals surface area contributed by atoms with Crippen molar-refractivity contribution in [3.63, 3.8) is 0 Å². The quantitative estimate of drug-likeness (QED) is 0.734. The number of ether oxygens (including phenoxy) is 1. The SMILES string of the molecule is O=C(CN1CCN(c2ncc(Br)cn2)CC1)N1CCO[C@@H]2CCCC[C@@H]21. The molecule has 2 saturated heterocycles. The Balaban J connectivity index is 1.29. The summed E-state index contributed by atoms with van der Waals surface area (Å²) < 4.78 is 6.78. The summed E-state index contributed by atoms with van der Waals surface area (Å²) in [5, 5.41) is 0. The third-order valence-electron chi connectivity index (χ3n) is 5.67. The molecule has 0 unspecified atom stereocenters. The van der Waals surface area contributed by atoms with E-state index in [1.54, 1.807) is 12.4 Å². The molecule has 1 saturated carbocycles. The molecule has 3 aliphatic rings. The van der Waals surface area contributed by atoms with Crippen LogP contribution < -0.4 is 4.90 Å².